The van der Waals surface area contributed by atoms with Crippen molar-refractivity contribution in [1.82, 2.24) is 9.97 Å². The van der Waals surface area contributed by atoms with E-state index in [2.05, 4.69) is 32.6 Å². The Morgan fingerprint density at radius 3 is 2.43 bits per heavy atom. The van der Waals surface area contributed by atoms with E-state index < -0.39 is 0 Å². The van der Waals surface area contributed by atoms with Crippen molar-refractivity contribution in [3.63, 3.8) is 0 Å². The summed E-state index contributed by atoms with van der Waals surface area (Å²) in [6.45, 7) is 0.376. The van der Waals surface area contributed by atoms with Crippen LogP contribution in [0.4, 0.5) is 0 Å². The summed E-state index contributed by atoms with van der Waals surface area (Å²) in [5, 5.41) is 0.405. The Hall–Kier alpha value is -1.12. The van der Waals surface area contributed by atoms with Crippen molar-refractivity contribution in [3.8, 4) is 22.9 Å². The summed E-state index contributed by atoms with van der Waals surface area (Å²) in [4.78, 5) is 8.81. The fourth-order valence-corrected chi connectivity index (χ4v) is 2.39. The molecule has 0 atom stereocenters. The van der Waals surface area contributed by atoms with E-state index in [1.807, 2.05) is 12.1 Å². The van der Waals surface area contributed by atoms with Gasteiger partial charge in [0.2, 0.25) is 0 Å². The highest BCUT2D eigenvalue weighted by molar-refractivity contribution is 14.1. The Morgan fingerprint density at radius 1 is 1.10 bits per heavy atom. The number of methoxy groups -OCH3 is 3. The van der Waals surface area contributed by atoms with Crippen LogP contribution in [0.15, 0.2) is 18.2 Å². The van der Waals surface area contributed by atoms with E-state index in [0.29, 0.717) is 29.1 Å². The maximum absolute atomic E-state index is 6.17. The Kier molecular flexibility index (Phi) is 5.60. The molecule has 0 aliphatic heterocycles. The molecular weight excluding hydrogens is 407 g/mol. The molecule has 7 heteroatoms. The van der Waals surface area contributed by atoms with Gasteiger partial charge in [0.05, 0.1) is 30.1 Å². The molecule has 5 nitrogen and oxygen atoms in total. The molecule has 21 heavy (non-hydrogen) atoms. The van der Waals surface area contributed by atoms with Crippen LogP contribution in [0.5, 0.6) is 11.5 Å². The van der Waals surface area contributed by atoms with Crippen molar-refractivity contribution >= 4 is 34.2 Å². The average Bonchev–Trinajstić information content (AvgIpc) is 2.51. The van der Waals surface area contributed by atoms with Gasteiger partial charge < -0.3 is 14.2 Å². The predicted molar refractivity (Wildman–Crippen MR) is 89.0 cm³/mol. The minimum absolute atomic E-state index is 0.376. The Labute approximate surface area is 141 Å². The third-order valence-corrected chi connectivity index (χ3v) is 4.53. The molecule has 0 bridgehead atoms. The molecular formula is C14H14ClIN2O3. The molecule has 2 aromatic rings. The standard InChI is InChI=1S/C14H14ClIN2O3/c1-19-7-9-12(16)13(15)18-14(17-9)8-4-5-10(20-2)11(6-8)21-3/h4-6H,7H2,1-3H3. The molecule has 1 heterocycles. The van der Waals surface area contributed by atoms with Crippen LogP contribution in [-0.4, -0.2) is 31.3 Å². The van der Waals surface area contributed by atoms with Crippen LogP contribution in [0.25, 0.3) is 11.4 Å². The summed E-state index contributed by atoms with van der Waals surface area (Å²) < 4.78 is 16.4. The fourth-order valence-electron chi connectivity index (χ4n) is 1.80. The molecule has 0 radical (unpaired) electrons. The summed E-state index contributed by atoms with van der Waals surface area (Å²) in [5.41, 5.74) is 1.55. The predicted octanol–water partition coefficient (Wildman–Crippen LogP) is 3.57. The molecule has 112 valence electrons. The first-order valence-electron chi connectivity index (χ1n) is 6.04. The van der Waals surface area contributed by atoms with E-state index in [1.54, 1.807) is 27.4 Å². The number of aromatic nitrogens is 2. The zero-order valence-electron chi connectivity index (χ0n) is 11.8. The molecule has 1 aromatic carbocycles. The van der Waals surface area contributed by atoms with Crippen molar-refractivity contribution in [3.05, 3.63) is 32.6 Å². The molecule has 2 rings (SSSR count). The summed E-state index contributed by atoms with van der Waals surface area (Å²) in [6.07, 6.45) is 0. The Bertz CT molecular complexity index is 652. The minimum Gasteiger partial charge on any atom is -0.493 e. The second-order valence-electron chi connectivity index (χ2n) is 4.10. The van der Waals surface area contributed by atoms with Crippen LogP contribution in [0.2, 0.25) is 5.15 Å². The van der Waals surface area contributed by atoms with Crippen molar-refractivity contribution in [2.45, 2.75) is 6.61 Å². The number of halogens is 2. The molecule has 1 aromatic heterocycles. The quantitative estimate of drug-likeness (QED) is 0.547. The van der Waals surface area contributed by atoms with Gasteiger partial charge in [0, 0.05) is 12.7 Å². The van der Waals surface area contributed by atoms with E-state index in [4.69, 9.17) is 25.8 Å². The number of hydrogen-bond donors (Lipinski definition) is 0. The van der Waals surface area contributed by atoms with Gasteiger partial charge in [0.15, 0.2) is 17.3 Å². The fraction of sp³-hybridized carbons (Fsp3) is 0.286. The van der Waals surface area contributed by atoms with Crippen molar-refractivity contribution in [2.24, 2.45) is 0 Å². The van der Waals surface area contributed by atoms with Crippen molar-refractivity contribution in [2.75, 3.05) is 21.3 Å². The largest absolute Gasteiger partial charge is 0.493 e. The van der Waals surface area contributed by atoms with E-state index in [-0.39, 0.29) is 0 Å². The van der Waals surface area contributed by atoms with Crippen molar-refractivity contribution in [1.29, 1.82) is 0 Å². The molecule has 0 spiro atoms. The summed E-state index contributed by atoms with van der Waals surface area (Å²) in [7, 11) is 4.79. The highest BCUT2D eigenvalue weighted by atomic mass is 127. The lowest BCUT2D eigenvalue weighted by atomic mass is 10.2. The number of nitrogens with zero attached hydrogens (tertiary/aromatic N) is 2. The summed E-state index contributed by atoms with van der Waals surface area (Å²) >= 11 is 8.27. The van der Waals surface area contributed by atoms with Crippen LogP contribution in [-0.2, 0) is 11.3 Å². The Morgan fingerprint density at radius 2 is 1.81 bits per heavy atom. The van der Waals surface area contributed by atoms with E-state index >= 15 is 0 Å². The van der Waals surface area contributed by atoms with Crippen LogP contribution in [0, 0.1) is 3.57 Å². The Balaban J connectivity index is 2.51. The van der Waals surface area contributed by atoms with Gasteiger partial charge in [0.1, 0.15) is 5.15 Å². The average molecular weight is 421 g/mol. The topological polar surface area (TPSA) is 53.5 Å². The zero-order valence-corrected chi connectivity index (χ0v) is 14.7. The van der Waals surface area contributed by atoms with Gasteiger partial charge in [-0.2, -0.15) is 0 Å². The smallest absolute Gasteiger partial charge is 0.161 e. The molecule has 0 aliphatic carbocycles. The molecule has 0 N–H and O–H groups in total. The van der Waals surface area contributed by atoms with Crippen LogP contribution < -0.4 is 9.47 Å². The maximum Gasteiger partial charge on any atom is 0.161 e. The highest BCUT2D eigenvalue weighted by Gasteiger charge is 2.14. The maximum atomic E-state index is 6.17. The number of rotatable bonds is 5. The van der Waals surface area contributed by atoms with Gasteiger partial charge in [0.25, 0.3) is 0 Å². The second kappa shape index (κ2) is 7.24. The molecule has 0 saturated carbocycles. The normalized spacial score (nSPS) is 10.5. The van der Waals surface area contributed by atoms with E-state index in [1.165, 1.54) is 0 Å². The number of benzene rings is 1. The van der Waals surface area contributed by atoms with Gasteiger partial charge in [-0.15, -0.1) is 0 Å². The minimum atomic E-state index is 0.376. The van der Waals surface area contributed by atoms with Crippen LogP contribution in [0.3, 0.4) is 0 Å². The van der Waals surface area contributed by atoms with E-state index in [9.17, 15) is 0 Å². The lowest BCUT2D eigenvalue weighted by Crippen LogP contribution is -2.02. The van der Waals surface area contributed by atoms with Gasteiger partial charge in [-0.1, -0.05) is 11.6 Å². The second-order valence-corrected chi connectivity index (χ2v) is 5.54. The first-order valence-corrected chi connectivity index (χ1v) is 7.49. The van der Waals surface area contributed by atoms with Gasteiger partial charge in [-0.25, -0.2) is 9.97 Å². The van der Waals surface area contributed by atoms with Crippen LogP contribution in [0.1, 0.15) is 5.69 Å². The summed E-state index contributed by atoms with van der Waals surface area (Å²) in [5.74, 6) is 1.78. The first kappa shape index (κ1) is 16.3. The van der Waals surface area contributed by atoms with E-state index in [0.717, 1.165) is 14.8 Å². The van der Waals surface area contributed by atoms with Gasteiger partial charge in [-0.3, -0.25) is 0 Å². The highest BCUT2D eigenvalue weighted by Crippen LogP contribution is 2.32. The monoisotopic (exact) mass is 420 g/mol. The number of hydrogen-bond acceptors (Lipinski definition) is 5. The lowest BCUT2D eigenvalue weighted by molar-refractivity contribution is 0.181. The summed E-state index contributed by atoms with van der Waals surface area (Å²) in [6, 6.07) is 5.48. The van der Waals surface area contributed by atoms with Crippen LogP contribution >= 0.6 is 34.2 Å². The molecule has 0 fully saturated rings. The lowest BCUT2D eigenvalue weighted by Gasteiger charge is -2.11. The third kappa shape index (κ3) is 3.56. The molecule has 0 aliphatic rings. The molecule has 0 unspecified atom stereocenters. The van der Waals surface area contributed by atoms with Gasteiger partial charge >= 0.3 is 0 Å². The molecule has 0 saturated heterocycles. The molecule has 0 amide bonds. The first-order chi connectivity index (χ1) is 10.1. The van der Waals surface area contributed by atoms with Crippen molar-refractivity contribution < 1.29 is 14.2 Å². The SMILES string of the molecule is COCc1nc(-c2ccc(OC)c(OC)c2)nc(Cl)c1I. The zero-order chi connectivity index (χ0) is 15.4. The number of ether oxygens (including phenoxy) is 3. The van der Waals surface area contributed by atoms with Gasteiger partial charge in [-0.05, 0) is 40.8 Å². The third-order valence-electron chi connectivity index (χ3n) is 2.80.